The first-order chi connectivity index (χ1) is 5.27. The number of hydrogen-bond acceptors (Lipinski definition) is 2. The zero-order valence-corrected chi connectivity index (χ0v) is 7.54. The highest BCUT2D eigenvalue weighted by molar-refractivity contribution is 7.17. The number of hydrogen-bond donors (Lipinski definition) is 0. The van der Waals surface area contributed by atoms with Crippen molar-refractivity contribution < 1.29 is 0 Å². The predicted molar refractivity (Wildman–Crippen MR) is 49.4 cm³/mol. The van der Waals surface area contributed by atoms with Gasteiger partial charge in [-0.2, -0.15) is 0 Å². The number of aryl methyl sites for hydroxylation is 1. The second kappa shape index (κ2) is 2.47. The van der Waals surface area contributed by atoms with Crippen molar-refractivity contribution in [2.75, 3.05) is 0 Å². The van der Waals surface area contributed by atoms with Crippen LogP contribution in [0.5, 0.6) is 0 Å². The highest BCUT2D eigenvalue weighted by atomic mass is 35.5. The summed E-state index contributed by atoms with van der Waals surface area (Å²) in [5.41, 5.74) is 2.23. The lowest BCUT2D eigenvalue weighted by Gasteiger charge is -1.90. The zero-order chi connectivity index (χ0) is 7.84. The average Bonchev–Trinajstić information content (AvgIpc) is 2.33. The van der Waals surface area contributed by atoms with Gasteiger partial charge in [-0.25, -0.2) is 4.98 Å². The molecule has 0 unspecified atom stereocenters. The Labute approximate surface area is 73.6 Å². The molecule has 0 saturated carbocycles. The van der Waals surface area contributed by atoms with E-state index in [1.54, 1.807) is 11.3 Å². The molecule has 2 aromatic heterocycles. The fourth-order valence-corrected chi connectivity index (χ4v) is 2.04. The topological polar surface area (TPSA) is 12.9 Å². The summed E-state index contributed by atoms with van der Waals surface area (Å²) in [6.07, 6.45) is 0. The standard InChI is InChI=1S/C8H6ClNS/c1-5-4-11-6-2-3-7(9)10-8(5)6/h2-4H,1H3. The van der Waals surface area contributed by atoms with E-state index in [1.165, 1.54) is 10.3 Å². The maximum absolute atomic E-state index is 5.74. The fraction of sp³-hybridized carbons (Fsp3) is 0.125. The Kier molecular flexibility index (Phi) is 1.59. The average molecular weight is 184 g/mol. The first-order valence-corrected chi connectivity index (χ1v) is 4.53. The molecule has 1 nitrogen and oxygen atoms in total. The molecular weight excluding hydrogens is 178 g/mol. The molecule has 11 heavy (non-hydrogen) atoms. The minimum absolute atomic E-state index is 0.569. The second-order valence-electron chi connectivity index (χ2n) is 2.40. The normalized spacial score (nSPS) is 10.7. The Morgan fingerprint density at radius 2 is 2.27 bits per heavy atom. The molecule has 0 saturated heterocycles. The number of rotatable bonds is 0. The van der Waals surface area contributed by atoms with Crippen molar-refractivity contribution >= 4 is 33.2 Å². The minimum Gasteiger partial charge on any atom is -0.235 e. The van der Waals surface area contributed by atoms with Crippen LogP contribution >= 0.6 is 22.9 Å². The van der Waals surface area contributed by atoms with E-state index >= 15 is 0 Å². The summed E-state index contributed by atoms with van der Waals surface area (Å²) in [6, 6.07) is 3.82. The van der Waals surface area contributed by atoms with Crippen LogP contribution in [0.1, 0.15) is 5.56 Å². The van der Waals surface area contributed by atoms with E-state index in [0.29, 0.717) is 5.15 Å². The van der Waals surface area contributed by atoms with Crippen LogP contribution in [-0.2, 0) is 0 Å². The van der Waals surface area contributed by atoms with Crippen LogP contribution < -0.4 is 0 Å². The first-order valence-electron chi connectivity index (χ1n) is 3.28. The van der Waals surface area contributed by atoms with Crippen molar-refractivity contribution in [3.05, 3.63) is 28.2 Å². The minimum atomic E-state index is 0.569. The van der Waals surface area contributed by atoms with Gasteiger partial charge < -0.3 is 0 Å². The van der Waals surface area contributed by atoms with Crippen LogP contribution in [0.3, 0.4) is 0 Å². The third-order valence-electron chi connectivity index (χ3n) is 1.56. The summed E-state index contributed by atoms with van der Waals surface area (Å²) in [5.74, 6) is 0. The summed E-state index contributed by atoms with van der Waals surface area (Å²) >= 11 is 7.44. The van der Waals surface area contributed by atoms with Crippen molar-refractivity contribution in [3.63, 3.8) is 0 Å². The molecule has 2 heterocycles. The predicted octanol–water partition coefficient (Wildman–Crippen LogP) is 3.26. The van der Waals surface area contributed by atoms with E-state index in [9.17, 15) is 0 Å². The van der Waals surface area contributed by atoms with E-state index in [-0.39, 0.29) is 0 Å². The molecule has 56 valence electrons. The summed E-state index contributed by atoms with van der Waals surface area (Å²) in [7, 11) is 0. The van der Waals surface area contributed by atoms with Crippen molar-refractivity contribution in [1.29, 1.82) is 0 Å². The third kappa shape index (κ3) is 1.12. The molecule has 2 aromatic rings. The summed E-state index contributed by atoms with van der Waals surface area (Å²) in [5, 5.41) is 2.66. The Bertz CT molecular complexity index is 394. The van der Waals surface area contributed by atoms with Crippen molar-refractivity contribution in [2.24, 2.45) is 0 Å². The van der Waals surface area contributed by atoms with Gasteiger partial charge in [0.15, 0.2) is 0 Å². The molecule has 2 rings (SSSR count). The monoisotopic (exact) mass is 183 g/mol. The SMILES string of the molecule is Cc1csc2ccc(Cl)nc12. The quantitative estimate of drug-likeness (QED) is 0.572. The van der Waals surface area contributed by atoms with E-state index in [2.05, 4.69) is 10.4 Å². The number of halogens is 1. The van der Waals surface area contributed by atoms with Crippen LogP contribution in [0.25, 0.3) is 10.2 Å². The smallest absolute Gasteiger partial charge is 0.129 e. The Hall–Kier alpha value is -0.600. The van der Waals surface area contributed by atoms with Crippen LogP contribution in [0, 0.1) is 6.92 Å². The lowest BCUT2D eigenvalue weighted by atomic mass is 10.3. The molecule has 3 heteroatoms. The molecule has 0 aliphatic carbocycles. The molecular formula is C8H6ClNS. The Morgan fingerprint density at radius 3 is 3.09 bits per heavy atom. The number of nitrogens with zero attached hydrogens (tertiary/aromatic N) is 1. The number of thiophene rings is 1. The number of fused-ring (bicyclic) bond motifs is 1. The molecule has 0 bridgehead atoms. The van der Waals surface area contributed by atoms with Gasteiger partial charge in [-0.1, -0.05) is 11.6 Å². The maximum atomic E-state index is 5.74. The van der Waals surface area contributed by atoms with Crippen molar-refractivity contribution in [1.82, 2.24) is 4.98 Å². The lowest BCUT2D eigenvalue weighted by Crippen LogP contribution is -1.75. The summed E-state index contributed by atoms with van der Waals surface area (Å²) in [6.45, 7) is 2.04. The molecule has 0 aliphatic rings. The van der Waals surface area contributed by atoms with E-state index in [0.717, 1.165) is 5.52 Å². The van der Waals surface area contributed by atoms with Gasteiger partial charge in [0.1, 0.15) is 5.15 Å². The molecule has 0 fully saturated rings. The molecule has 0 atom stereocenters. The summed E-state index contributed by atoms with van der Waals surface area (Å²) < 4.78 is 1.20. The second-order valence-corrected chi connectivity index (χ2v) is 3.70. The molecule has 0 N–H and O–H groups in total. The zero-order valence-electron chi connectivity index (χ0n) is 5.97. The van der Waals surface area contributed by atoms with Crippen LogP contribution in [-0.4, -0.2) is 4.98 Å². The highest BCUT2D eigenvalue weighted by Gasteiger charge is 2.00. The van der Waals surface area contributed by atoms with Gasteiger partial charge in [-0.15, -0.1) is 11.3 Å². The van der Waals surface area contributed by atoms with Crippen molar-refractivity contribution in [3.8, 4) is 0 Å². The number of aromatic nitrogens is 1. The van der Waals surface area contributed by atoms with Gasteiger partial charge in [0.25, 0.3) is 0 Å². The van der Waals surface area contributed by atoms with Gasteiger partial charge in [0.05, 0.1) is 10.2 Å². The van der Waals surface area contributed by atoms with E-state index < -0.39 is 0 Å². The molecule has 0 aromatic carbocycles. The number of pyridine rings is 1. The Balaban J connectivity index is 2.87. The van der Waals surface area contributed by atoms with E-state index in [4.69, 9.17) is 11.6 Å². The van der Waals surface area contributed by atoms with Crippen LogP contribution in [0.2, 0.25) is 5.15 Å². The van der Waals surface area contributed by atoms with Gasteiger partial charge in [-0.05, 0) is 30.0 Å². The molecule has 0 spiro atoms. The lowest BCUT2D eigenvalue weighted by molar-refractivity contribution is 1.39. The van der Waals surface area contributed by atoms with Gasteiger partial charge >= 0.3 is 0 Å². The molecule has 0 radical (unpaired) electrons. The maximum Gasteiger partial charge on any atom is 0.129 e. The molecule has 0 aliphatic heterocycles. The van der Waals surface area contributed by atoms with Crippen molar-refractivity contribution in [2.45, 2.75) is 6.92 Å². The largest absolute Gasteiger partial charge is 0.235 e. The third-order valence-corrected chi connectivity index (χ3v) is 2.83. The van der Waals surface area contributed by atoms with Gasteiger partial charge in [0, 0.05) is 0 Å². The fourth-order valence-electron chi connectivity index (χ4n) is 1.01. The van der Waals surface area contributed by atoms with E-state index in [1.807, 2.05) is 19.1 Å². The highest BCUT2D eigenvalue weighted by Crippen LogP contribution is 2.24. The first kappa shape index (κ1) is 7.07. The van der Waals surface area contributed by atoms with Gasteiger partial charge in [-0.3, -0.25) is 0 Å². The van der Waals surface area contributed by atoms with Gasteiger partial charge in [0.2, 0.25) is 0 Å². The van der Waals surface area contributed by atoms with Crippen LogP contribution in [0.4, 0.5) is 0 Å². The van der Waals surface area contributed by atoms with Crippen LogP contribution in [0.15, 0.2) is 17.5 Å². The summed E-state index contributed by atoms with van der Waals surface area (Å²) in [4.78, 5) is 4.21. The Morgan fingerprint density at radius 1 is 1.45 bits per heavy atom. The molecule has 0 amide bonds.